The number of fused-ring (bicyclic) bond motifs is 1. The fraction of sp³-hybridized carbons (Fsp3) is 0.618. The van der Waals surface area contributed by atoms with Crippen LogP contribution in [0.5, 0.6) is 5.75 Å². The molecule has 0 radical (unpaired) electrons. The molecule has 1 spiro atoms. The lowest BCUT2D eigenvalue weighted by atomic mass is 9.66. The summed E-state index contributed by atoms with van der Waals surface area (Å²) in [6.07, 6.45) is 7.56. The number of likely N-dealkylation sites (tertiary alicyclic amines) is 1. The Labute approximate surface area is 256 Å². The minimum absolute atomic E-state index is 0.100. The number of hydrogen-bond donors (Lipinski definition) is 1. The lowest BCUT2D eigenvalue weighted by molar-refractivity contribution is -0.152. The van der Waals surface area contributed by atoms with Gasteiger partial charge >= 0.3 is 0 Å². The van der Waals surface area contributed by atoms with E-state index in [1.165, 1.54) is 0 Å². The Hall–Kier alpha value is -3.17. The third-order valence-corrected chi connectivity index (χ3v) is 9.35. The number of carbonyl (C=O) groups excluding carboxylic acids is 3. The molecule has 236 valence electrons. The normalized spacial score (nSPS) is 27.3. The maximum absolute atomic E-state index is 14.6. The number of aliphatic hydroxyl groups excluding tert-OH is 1. The predicted molar refractivity (Wildman–Crippen MR) is 167 cm³/mol. The van der Waals surface area contributed by atoms with Crippen molar-refractivity contribution in [1.82, 2.24) is 9.80 Å². The quantitative estimate of drug-likeness (QED) is 0.226. The van der Waals surface area contributed by atoms with Gasteiger partial charge in [-0.25, -0.2) is 0 Å². The minimum atomic E-state index is -1.08. The van der Waals surface area contributed by atoms with Crippen LogP contribution in [-0.4, -0.2) is 88.8 Å². The maximum Gasteiger partial charge on any atom is 0.248 e. The van der Waals surface area contributed by atoms with Gasteiger partial charge in [-0.15, -0.1) is 13.2 Å². The van der Waals surface area contributed by atoms with E-state index in [1.807, 2.05) is 52.0 Å². The van der Waals surface area contributed by atoms with Gasteiger partial charge in [0.05, 0.1) is 24.0 Å². The molecular weight excluding hydrogens is 546 g/mol. The maximum atomic E-state index is 14.6. The van der Waals surface area contributed by atoms with E-state index in [0.717, 1.165) is 12.8 Å². The van der Waals surface area contributed by atoms with Crippen LogP contribution < -0.4 is 9.64 Å². The summed E-state index contributed by atoms with van der Waals surface area (Å²) in [6.45, 7) is 17.2. The molecule has 3 saturated heterocycles. The van der Waals surface area contributed by atoms with Crippen LogP contribution in [0.1, 0.15) is 66.2 Å². The van der Waals surface area contributed by atoms with Crippen LogP contribution in [0.4, 0.5) is 5.69 Å². The van der Waals surface area contributed by atoms with E-state index in [1.54, 1.807) is 26.9 Å². The molecule has 0 aromatic heterocycles. The number of carbonyl (C=O) groups is 3. The Morgan fingerprint density at radius 1 is 1.09 bits per heavy atom. The van der Waals surface area contributed by atoms with Gasteiger partial charge in [0.2, 0.25) is 17.7 Å². The minimum Gasteiger partial charge on any atom is -0.494 e. The standard InChI is InChI=1S/C34H49N3O6/c1-7-20-35(24(4)5)32(41)29-34-19-18-33(6,43-34)27(28(34)31(40)37(29)22-12-10-11-13-23-38)30(39)36(21-8-2)25-14-16-26(17-15-25)42-9-3/h7-8,14-17,24,27-29,38H,1-2,9-13,18-23H2,3-6H3/t27-,28+,29?,33+,34?/m1/s1. The molecule has 1 N–H and O–H groups in total. The topological polar surface area (TPSA) is 99.6 Å². The zero-order valence-corrected chi connectivity index (χ0v) is 26.3. The van der Waals surface area contributed by atoms with Crippen molar-refractivity contribution in [3.63, 3.8) is 0 Å². The molecule has 2 unspecified atom stereocenters. The van der Waals surface area contributed by atoms with Gasteiger partial charge in [0.1, 0.15) is 17.4 Å². The van der Waals surface area contributed by atoms with Crippen LogP contribution in [0, 0.1) is 11.8 Å². The molecule has 0 aliphatic carbocycles. The first kappa shape index (κ1) is 32.7. The lowest BCUT2D eigenvalue weighted by Crippen LogP contribution is -2.57. The Kier molecular flexibility index (Phi) is 10.4. The molecule has 5 atom stereocenters. The first-order valence-electron chi connectivity index (χ1n) is 15.8. The second-order valence-electron chi connectivity index (χ2n) is 12.4. The predicted octanol–water partition coefficient (Wildman–Crippen LogP) is 4.34. The monoisotopic (exact) mass is 595 g/mol. The number of hydrogen-bond acceptors (Lipinski definition) is 6. The Morgan fingerprint density at radius 2 is 1.77 bits per heavy atom. The molecule has 3 aliphatic heterocycles. The zero-order chi connectivity index (χ0) is 31.4. The summed E-state index contributed by atoms with van der Waals surface area (Å²) in [7, 11) is 0. The number of aliphatic hydroxyl groups is 1. The average Bonchev–Trinajstić information content (AvgIpc) is 3.55. The van der Waals surface area contributed by atoms with Crippen LogP contribution in [0.3, 0.4) is 0 Å². The molecule has 1 aromatic rings. The van der Waals surface area contributed by atoms with Gasteiger partial charge in [-0.2, -0.15) is 0 Å². The first-order valence-corrected chi connectivity index (χ1v) is 15.8. The van der Waals surface area contributed by atoms with Gasteiger partial charge in [-0.3, -0.25) is 14.4 Å². The summed E-state index contributed by atoms with van der Waals surface area (Å²) >= 11 is 0. The molecule has 9 heteroatoms. The van der Waals surface area contributed by atoms with Gasteiger partial charge in [0.25, 0.3) is 0 Å². The number of nitrogens with zero attached hydrogens (tertiary/aromatic N) is 3. The van der Waals surface area contributed by atoms with Crippen LogP contribution >= 0.6 is 0 Å². The summed E-state index contributed by atoms with van der Waals surface area (Å²) in [4.78, 5) is 48.5. The fourth-order valence-corrected chi connectivity index (χ4v) is 7.43. The summed E-state index contributed by atoms with van der Waals surface area (Å²) in [5.41, 5.74) is -1.28. The number of benzene rings is 1. The van der Waals surface area contributed by atoms with Crippen LogP contribution in [-0.2, 0) is 19.1 Å². The largest absolute Gasteiger partial charge is 0.494 e. The van der Waals surface area contributed by atoms with Gasteiger partial charge in [0.15, 0.2) is 0 Å². The molecule has 0 saturated carbocycles. The second-order valence-corrected chi connectivity index (χ2v) is 12.4. The smallest absolute Gasteiger partial charge is 0.248 e. The van der Waals surface area contributed by atoms with Crippen molar-refractivity contribution in [3.05, 3.63) is 49.6 Å². The highest BCUT2D eigenvalue weighted by Crippen LogP contribution is 2.63. The molecular formula is C34H49N3O6. The van der Waals surface area contributed by atoms with Crippen molar-refractivity contribution in [2.45, 2.75) is 89.5 Å². The summed E-state index contributed by atoms with van der Waals surface area (Å²) in [5, 5.41) is 9.20. The van der Waals surface area contributed by atoms with Crippen LogP contribution in [0.2, 0.25) is 0 Å². The SMILES string of the molecule is C=CCN(C(=O)[C@H]1[C@H]2C(=O)N(CCCCCCO)C(C(=O)N(CC=C)C(C)C)C23CC[C@]1(C)O3)c1ccc(OCC)cc1. The lowest BCUT2D eigenvalue weighted by Gasteiger charge is -2.38. The summed E-state index contributed by atoms with van der Waals surface area (Å²) < 4.78 is 12.4. The average molecular weight is 596 g/mol. The van der Waals surface area contributed by atoms with E-state index < -0.39 is 29.1 Å². The molecule has 9 nitrogen and oxygen atoms in total. The van der Waals surface area contributed by atoms with E-state index in [0.29, 0.717) is 56.8 Å². The van der Waals surface area contributed by atoms with E-state index in [4.69, 9.17) is 9.47 Å². The van der Waals surface area contributed by atoms with Crippen LogP contribution in [0.15, 0.2) is 49.6 Å². The van der Waals surface area contributed by atoms with Crippen molar-refractivity contribution >= 4 is 23.4 Å². The molecule has 3 fully saturated rings. The van der Waals surface area contributed by atoms with E-state index >= 15 is 0 Å². The molecule has 4 rings (SSSR count). The van der Waals surface area contributed by atoms with Crippen molar-refractivity contribution < 1.29 is 29.0 Å². The van der Waals surface area contributed by atoms with E-state index in [2.05, 4.69) is 13.2 Å². The Bertz CT molecular complexity index is 1190. The first-order chi connectivity index (χ1) is 20.6. The second kappa shape index (κ2) is 13.6. The van der Waals surface area contributed by atoms with E-state index in [-0.39, 0.29) is 36.9 Å². The number of rotatable bonds is 16. The molecule has 2 bridgehead atoms. The summed E-state index contributed by atoms with van der Waals surface area (Å²) in [5.74, 6) is -1.35. The van der Waals surface area contributed by atoms with Crippen LogP contribution in [0.25, 0.3) is 0 Å². The fourth-order valence-electron chi connectivity index (χ4n) is 7.43. The molecule has 3 amide bonds. The van der Waals surface area contributed by atoms with Gasteiger partial charge < -0.3 is 29.3 Å². The van der Waals surface area contributed by atoms with Crippen molar-refractivity contribution in [2.75, 3.05) is 37.7 Å². The van der Waals surface area contributed by atoms with E-state index in [9.17, 15) is 19.5 Å². The van der Waals surface area contributed by atoms with Crippen molar-refractivity contribution in [1.29, 1.82) is 0 Å². The number of ether oxygens (including phenoxy) is 2. The molecule has 3 heterocycles. The highest BCUT2D eigenvalue weighted by atomic mass is 16.5. The third-order valence-electron chi connectivity index (χ3n) is 9.35. The Morgan fingerprint density at radius 3 is 2.37 bits per heavy atom. The molecule has 43 heavy (non-hydrogen) atoms. The van der Waals surface area contributed by atoms with Gasteiger partial charge in [-0.1, -0.05) is 25.0 Å². The van der Waals surface area contributed by atoms with Crippen molar-refractivity contribution in [2.24, 2.45) is 11.8 Å². The highest BCUT2D eigenvalue weighted by molar-refractivity contribution is 6.03. The Balaban J connectivity index is 1.72. The number of anilines is 1. The highest BCUT2D eigenvalue weighted by Gasteiger charge is 2.78. The zero-order valence-electron chi connectivity index (χ0n) is 26.3. The van der Waals surface area contributed by atoms with Gasteiger partial charge in [0, 0.05) is 38.0 Å². The van der Waals surface area contributed by atoms with Crippen molar-refractivity contribution in [3.8, 4) is 5.75 Å². The molecule has 1 aromatic carbocycles. The number of unbranched alkanes of at least 4 members (excludes halogenated alkanes) is 3. The summed E-state index contributed by atoms with van der Waals surface area (Å²) in [6, 6.07) is 6.43. The third kappa shape index (κ3) is 5.98. The van der Waals surface area contributed by atoms with Gasteiger partial charge in [-0.05, 0) is 77.6 Å². The molecule has 3 aliphatic rings. The number of amides is 3.